The van der Waals surface area contributed by atoms with E-state index in [1.54, 1.807) is 13.0 Å². The molecule has 0 spiro atoms. The fourth-order valence-electron chi connectivity index (χ4n) is 4.23. The van der Waals surface area contributed by atoms with Gasteiger partial charge in [0.25, 0.3) is 5.91 Å². The van der Waals surface area contributed by atoms with Gasteiger partial charge in [0.05, 0.1) is 25.4 Å². The molecule has 2 N–H and O–H groups in total. The molecular formula is C28H30N4O7S. The number of aliphatic carboxylic acids is 1. The zero-order valence-corrected chi connectivity index (χ0v) is 22.8. The first-order valence-electron chi connectivity index (χ1n) is 12.8. The lowest BCUT2D eigenvalue weighted by molar-refractivity contribution is -0.157. The summed E-state index contributed by atoms with van der Waals surface area (Å²) in [5.41, 5.74) is 3.27. The molecule has 4 rings (SSSR count). The van der Waals surface area contributed by atoms with Crippen molar-refractivity contribution in [3.8, 4) is 22.4 Å². The highest BCUT2D eigenvalue weighted by Gasteiger charge is 2.31. The summed E-state index contributed by atoms with van der Waals surface area (Å²) in [5, 5.41) is 17.3. The first kappa shape index (κ1) is 28.7. The molecule has 0 radical (unpaired) electrons. The van der Waals surface area contributed by atoms with Crippen LogP contribution in [0.2, 0.25) is 0 Å². The first-order valence-corrected chi connectivity index (χ1v) is 13.8. The summed E-state index contributed by atoms with van der Waals surface area (Å²) >= 11 is 1.53. The van der Waals surface area contributed by atoms with Gasteiger partial charge in [0.1, 0.15) is 11.7 Å². The Kier molecular flexibility index (Phi) is 9.81. The SMILES string of the molecule is CCOC(=O)ON1CCN(C(=O)[C@H](CCC(=O)O)NC(=O)c2cc(-c3ccsc3)cc(-c3ccccc3)n2)CC1. The number of nitrogens with one attached hydrogen (secondary N) is 1. The molecular weight excluding hydrogens is 536 g/mol. The van der Waals surface area contributed by atoms with Crippen molar-refractivity contribution in [1.82, 2.24) is 20.3 Å². The van der Waals surface area contributed by atoms with Crippen LogP contribution >= 0.6 is 11.3 Å². The van der Waals surface area contributed by atoms with Gasteiger partial charge < -0.3 is 24.9 Å². The molecule has 40 heavy (non-hydrogen) atoms. The van der Waals surface area contributed by atoms with Gasteiger partial charge in [-0.25, -0.2) is 9.78 Å². The number of hydrogen-bond acceptors (Lipinski definition) is 9. The van der Waals surface area contributed by atoms with Gasteiger partial charge in [-0.3, -0.25) is 14.4 Å². The number of hydroxylamine groups is 2. The Hall–Kier alpha value is -4.29. The van der Waals surface area contributed by atoms with Crippen molar-refractivity contribution in [3.63, 3.8) is 0 Å². The third kappa shape index (κ3) is 7.64. The van der Waals surface area contributed by atoms with E-state index in [2.05, 4.69) is 10.3 Å². The molecule has 210 valence electrons. The molecule has 1 atom stereocenters. The zero-order chi connectivity index (χ0) is 28.5. The van der Waals surface area contributed by atoms with Crippen LogP contribution in [0.15, 0.2) is 59.3 Å². The van der Waals surface area contributed by atoms with Gasteiger partial charge in [0, 0.05) is 25.1 Å². The van der Waals surface area contributed by atoms with Gasteiger partial charge in [-0.1, -0.05) is 30.3 Å². The minimum Gasteiger partial charge on any atom is -0.481 e. The topological polar surface area (TPSA) is 138 Å². The number of pyridine rings is 1. The Morgan fingerprint density at radius 2 is 1.77 bits per heavy atom. The van der Waals surface area contributed by atoms with Crippen LogP contribution < -0.4 is 5.32 Å². The Morgan fingerprint density at radius 1 is 1.02 bits per heavy atom. The second-order valence-electron chi connectivity index (χ2n) is 8.99. The molecule has 1 aromatic carbocycles. The lowest BCUT2D eigenvalue weighted by Crippen LogP contribution is -2.55. The minimum atomic E-state index is -1.08. The van der Waals surface area contributed by atoms with E-state index in [1.165, 1.54) is 21.3 Å². The minimum absolute atomic E-state index is 0.0881. The number of thiophene rings is 1. The molecule has 1 aliphatic rings. The second-order valence-corrected chi connectivity index (χ2v) is 9.77. The van der Waals surface area contributed by atoms with Crippen molar-refractivity contribution in [2.24, 2.45) is 0 Å². The number of carbonyl (C=O) groups is 4. The molecule has 0 bridgehead atoms. The average Bonchev–Trinajstić information content (AvgIpc) is 3.51. The fourth-order valence-corrected chi connectivity index (χ4v) is 4.89. The van der Waals surface area contributed by atoms with Crippen LogP contribution in [0.3, 0.4) is 0 Å². The van der Waals surface area contributed by atoms with Gasteiger partial charge in [-0.05, 0) is 53.4 Å². The number of nitrogens with zero attached hydrogens (tertiary/aromatic N) is 3. The summed E-state index contributed by atoms with van der Waals surface area (Å²) in [6.07, 6.45) is -1.21. The van der Waals surface area contributed by atoms with E-state index in [0.717, 1.165) is 16.7 Å². The third-order valence-electron chi connectivity index (χ3n) is 6.25. The van der Waals surface area contributed by atoms with Crippen molar-refractivity contribution in [2.45, 2.75) is 25.8 Å². The van der Waals surface area contributed by atoms with Crippen LogP contribution in [-0.2, 0) is 19.2 Å². The van der Waals surface area contributed by atoms with Crippen molar-refractivity contribution < 1.29 is 33.9 Å². The van der Waals surface area contributed by atoms with Crippen molar-refractivity contribution in [3.05, 3.63) is 65.0 Å². The lowest BCUT2D eigenvalue weighted by Gasteiger charge is -2.35. The number of carboxylic acids is 1. The molecule has 1 fully saturated rings. The van der Waals surface area contributed by atoms with E-state index < -0.39 is 30.0 Å². The summed E-state index contributed by atoms with van der Waals surface area (Å²) in [4.78, 5) is 60.9. The normalized spacial score (nSPS) is 14.3. The Balaban J connectivity index is 1.52. The van der Waals surface area contributed by atoms with Crippen molar-refractivity contribution >= 4 is 35.3 Å². The van der Waals surface area contributed by atoms with E-state index in [9.17, 15) is 24.3 Å². The summed E-state index contributed by atoms with van der Waals surface area (Å²) in [5.74, 6) is -2.08. The highest BCUT2D eigenvalue weighted by molar-refractivity contribution is 7.08. The molecule has 3 heterocycles. The van der Waals surface area contributed by atoms with E-state index in [0.29, 0.717) is 5.69 Å². The van der Waals surface area contributed by atoms with Crippen molar-refractivity contribution in [1.29, 1.82) is 0 Å². The molecule has 12 heteroatoms. The van der Waals surface area contributed by atoms with Gasteiger partial charge >= 0.3 is 12.1 Å². The number of hydrogen-bond donors (Lipinski definition) is 2. The summed E-state index contributed by atoms with van der Waals surface area (Å²) in [7, 11) is 0. The molecule has 0 aliphatic carbocycles. The van der Waals surface area contributed by atoms with E-state index in [4.69, 9.17) is 9.57 Å². The number of benzene rings is 1. The van der Waals surface area contributed by atoms with E-state index in [-0.39, 0.29) is 51.3 Å². The number of carbonyl (C=O) groups excluding carboxylic acids is 3. The maximum absolute atomic E-state index is 13.5. The summed E-state index contributed by atoms with van der Waals surface area (Å²) in [6, 6.07) is 13.9. The molecule has 1 aliphatic heterocycles. The molecule has 3 aromatic rings. The maximum Gasteiger partial charge on any atom is 0.527 e. The summed E-state index contributed by atoms with van der Waals surface area (Å²) < 4.78 is 4.77. The number of ether oxygens (including phenoxy) is 1. The molecule has 0 unspecified atom stereocenters. The van der Waals surface area contributed by atoms with E-state index >= 15 is 0 Å². The van der Waals surface area contributed by atoms with Gasteiger partial charge in [-0.15, -0.1) is 5.06 Å². The number of amides is 2. The number of carboxylic acid groups (broad SMARTS) is 1. The Labute approximate surface area is 235 Å². The van der Waals surface area contributed by atoms with Crippen LogP contribution in [0, 0.1) is 0 Å². The van der Waals surface area contributed by atoms with Crippen LogP contribution in [0.4, 0.5) is 4.79 Å². The monoisotopic (exact) mass is 566 g/mol. The molecule has 0 saturated carbocycles. The highest BCUT2D eigenvalue weighted by atomic mass is 32.1. The largest absolute Gasteiger partial charge is 0.527 e. The van der Waals surface area contributed by atoms with Gasteiger partial charge in [-0.2, -0.15) is 11.3 Å². The predicted octanol–water partition coefficient (Wildman–Crippen LogP) is 3.67. The van der Waals surface area contributed by atoms with Crippen LogP contribution in [0.1, 0.15) is 30.3 Å². The van der Waals surface area contributed by atoms with Crippen molar-refractivity contribution in [2.75, 3.05) is 32.8 Å². The third-order valence-corrected chi connectivity index (χ3v) is 6.93. The predicted molar refractivity (Wildman–Crippen MR) is 147 cm³/mol. The Morgan fingerprint density at radius 3 is 2.42 bits per heavy atom. The summed E-state index contributed by atoms with van der Waals surface area (Å²) in [6.45, 7) is 2.78. The highest BCUT2D eigenvalue weighted by Crippen LogP contribution is 2.27. The van der Waals surface area contributed by atoms with Gasteiger partial charge in [0.15, 0.2) is 0 Å². The number of rotatable bonds is 10. The quantitative estimate of drug-likeness (QED) is 0.352. The fraction of sp³-hybridized carbons (Fsp3) is 0.321. The molecule has 11 nitrogen and oxygen atoms in total. The maximum atomic E-state index is 13.5. The molecule has 2 aromatic heterocycles. The molecule has 2 amide bonds. The smallest absolute Gasteiger partial charge is 0.481 e. The van der Waals surface area contributed by atoms with Crippen LogP contribution in [0.25, 0.3) is 22.4 Å². The number of aromatic nitrogens is 1. The number of piperazine rings is 1. The lowest BCUT2D eigenvalue weighted by atomic mass is 10.0. The first-order chi connectivity index (χ1) is 19.3. The average molecular weight is 567 g/mol. The van der Waals surface area contributed by atoms with E-state index in [1.807, 2.05) is 53.2 Å². The second kappa shape index (κ2) is 13.7. The van der Waals surface area contributed by atoms with Gasteiger partial charge in [0.2, 0.25) is 5.91 Å². The standard InChI is InChI=1S/C28H30N4O7S/c1-2-38-28(37)39-32-13-11-31(12-14-32)27(36)22(8-9-25(33)34)30-26(35)24-17-21(20-10-15-40-18-20)16-23(29-24)19-6-4-3-5-7-19/h3-7,10,15-18,22H,2,8-9,11-14H2,1H3,(H,30,35)(H,33,34)/t22-/m0/s1. The Bertz CT molecular complexity index is 1330. The molecule has 1 saturated heterocycles. The van der Waals surface area contributed by atoms with Crippen LogP contribution in [-0.4, -0.2) is 82.8 Å². The van der Waals surface area contributed by atoms with Crippen LogP contribution in [0.5, 0.6) is 0 Å². The zero-order valence-electron chi connectivity index (χ0n) is 21.9.